The van der Waals surface area contributed by atoms with Crippen LogP contribution in [-0.4, -0.2) is 59.6 Å². The van der Waals surface area contributed by atoms with E-state index in [9.17, 15) is 24.3 Å². The van der Waals surface area contributed by atoms with Gasteiger partial charge in [0.15, 0.2) is 0 Å². The van der Waals surface area contributed by atoms with E-state index in [1.807, 2.05) is 0 Å². The molecule has 0 bridgehead atoms. The van der Waals surface area contributed by atoms with Crippen LogP contribution in [0.4, 0.5) is 4.79 Å². The lowest BCUT2D eigenvalue weighted by molar-refractivity contribution is -0.310. The second-order valence-electron chi connectivity index (χ2n) is 9.34. The molecule has 1 aliphatic heterocycles. The maximum absolute atomic E-state index is 12.7. The molecule has 9 heteroatoms. The number of carbonyl (C=O) groups is 4. The number of alkyl carbamates (subject to hydrolysis) is 1. The van der Waals surface area contributed by atoms with Crippen LogP contribution in [0, 0.1) is 11.8 Å². The molecular formula is C21H34N3O6-. The standard InChI is InChI=1S/C21H35N3O6/c1-13(23-20(29)30-21(2,3)4)17(25)22-12-14-7-9-15(10-8-14)18(26)24-11-5-6-16(24)19(27)28/h13-16H,5-12H2,1-4H3,(H,22,25)(H,23,29)(H,27,28)/p-1/t13-,14?,15?,16+/m1/s1. The highest BCUT2D eigenvalue weighted by Crippen LogP contribution is 2.31. The summed E-state index contributed by atoms with van der Waals surface area (Å²) in [5, 5.41) is 16.6. The molecule has 0 aromatic rings. The number of aliphatic carboxylic acids is 1. The Bertz CT molecular complexity index is 652. The Morgan fingerprint density at radius 2 is 1.73 bits per heavy atom. The molecule has 1 aliphatic carbocycles. The minimum absolute atomic E-state index is 0.0839. The third kappa shape index (κ3) is 6.88. The van der Waals surface area contributed by atoms with Crippen LogP contribution in [0.2, 0.25) is 0 Å². The second kappa shape index (κ2) is 10.1. The average Bonchev–Trinajstić information content (AvgIpc) is 3.14. The molecule has 2 rings (SSSR count). The summed E-state index contributed by atoms with van der Waals surface area (Å²) in [6, 6.07) is -1.51. The number of carboxylic acid groups (broad SMARTS) is 1. The number of hydrogen-bond acceptors (Lipinski definition) is 6. The Balaban J connectivity index is 1.72. The fourth-order valence-electron chi connectivity index (χ4n) is 4.07. The van der Waals surface area contributed by atoms with E-state index in [0.29, 0.717) is 38.8 Å². The highest BCUT2D eigenvalue weighted by Gasteiger charge is 2.35. The summed E-state index contributed by atoms with van der Waals surface area (Å²) in [6.45, 7) is 7.81. The maximum Gasteiger partial charge on any atom is 0.408 e. The Kier molecular flexibility index (Phi) is 8.09. The van der Waals surface area contributed by atoms with Crippen LogP contribution < -0.4 is 15.7 Å². The third-order valence-corrected chi connectivity index (χ3v) is 5.70. The number of rotatable bonds is 6. The number of hydrogen-bond donors (Lipinski definition) is 2. The monoisotopic (exact) mass is 424 g/mol. The quantitative estimate of drug-likeness (QED) is 0.641. The fraction of sp³-hybridized carbons (Fsp3) is 0.810. The number of ether oxygens (including phenoxy) is 1. The van der Waals surface area contributed by atoms with Gasteiger partial charge in [-0.15, -0.1) is 0 Å². The summed E-state index contributed by atoms with van der Waals surface area (Å²) in [6.07, 6.45) is 3.46. The Labute approximate surface area is 177 Å². The predicted octanol–water partition coefficient (Wildman–Crippen LogP) is 0.563. The van der Waals surface area contributed by atoms with E-state index in [2.05, 4.69) is 10.6 Å². The molecule has 2 fully saturated rings. The van der Waals surface area contributed by atoms with Gasteiger partial charge in [0.2, 0.25) is 11.8 Å². The summed E-state index contributed by atoms with van der Waals surface area (Å²) in [4.78, 5) is 49.4. The van der Waals surface area contributed by atoms with Crippen molar-refractivity contribution in [2.75, 3.05) is 13.1 Å². The number of nitrogens with one attached hydrogen (secondary N) is 2. The first-order valence-electron chi connectivity index (χ1n) is 10.8. The highest BCUT2D eigenvalue weighted by molar-refractivity contribution is 5.86. The molecule has 0 radical (unpaired) electrons. The van der Waals surface area contributed by atoms with Crippen LogP contribution in [-0.2, 0) is 19.1 Å². The topological polar surface area (TPSA) is 128 Å². The van der Waals surface area contributed by atoms with Gasteiger partial charge in [-0.3, -0.25) is 9.59 Å². The fourth-order valence-corrected chi connectivity index (χ4v) is 4.07. The van der Waals surface area contributed by atoms with Gasteiger partial charge in [-0.05, 0) is 72.1 Å². The van der Waals surface area contributed by atoms with Gasteiger partial charge in [-0.1, -0.05) is 0 Å². The Morgan fingerprint density at radius 1 is 1.10 bits per heavy atom. The normalized spacial score (nSPS) is 25.3. The van der Waals surface area contributed by atoms with E-state index in [4.69, 9.17) is 4.74 Å². The van der Waals surface area contributed by atoms with E-state index < -0.39 is 29.7 Å². The molecule has 9 nitrogen and oxygen atoms in total. The van der Waals surface area contributed by atoms with Gasteiger partial charge in [-0.25, -0.2) is 4.79 Å². The van der Waals surface area contributed by atoms with Crippen LogP contribution in [0.3, 0.4) is 0 Å². The molecule has 0 aromatic carbocycles. The molecular weight excluding hydrogens is 390 g/mol. The summed E-state index contributed by atoms with van der Waals surface area (Å²) >= 11 is 0. The summed E-state index contributed by atoms with van der Waals surface area (Å²) in [5.74, 6) is -1.45. The number of carbonyl (C=O) groups excluding carboxylic acids is 4. The van der Waals surface area contributed by atoms with Crippen molar-refractivity contribution < 1.29 is 29.0 Å². The minimum atomic E-state index is -1.17. The van der Waals surface area contributed by atoms with E-state index in [1.54, 1.807) is 27.7 Å². The summed E-state index contributed by atoms with van der Waals surface area (Å²) in [7, 11) is 0. The van der Waals surface area contributed by atoms with E-state index in [-0.39, 0.29) is 23.7 Å². The zero-order valence-corrected chi connectivity index (χ0v) is 18.4. The van der Waals surface area contributed by atoms with Gasteiger partial charge in [0.05, 0.1) is 12.0 Å². The first-order valence-corrected chi connectivity index (χ1v) is 10.8. The lowest BCUT2D eigenvalue weighted by Crippen LogP contribution is -2.49. The summed E-state index contributed by atoms with van der Waals surface area (Å²) < 4.78 is 5.15. The molecule has 2 N–H and O–H groups in total. The highest BCUT2D eigenvalue weighted by atomic mass is 16.6. The zero-order valence-electron chi connectivity index (χ0n) is 18.4. The first-order chi connectivity index (χ1) is 14.0. The van der Waals surface area contributed by atoms with Crippen LogP contribution in [0.1, 0.15) is 66.2 Å². The zero-order chi connectivity index (χ0) is 22.5. The lowest BCUT2D eigenvalue weighted by atomic mass is 9.81. The van der Waals surface area contributed by atoms with Gasteiger partial charge in [0, 0.05) is 19.0 Å². The van der Waals surface area contributed by atoms with Crippen molar-refractivity contribution in [3.8, 4) is 0 Å². The average molecular weight is 425 g/mol. The van der Waals surface area contributed by atoms with Crippen molar-refractivity contribution in [2.24, 2.45) is 11.8 Å². The lowest BCUT2D eigenvalue weighted by Gasteiger charge is -2.33. The van der Waals surface area contributed by atoms with Gasteiger partial charge in [0.25, 0.3) is 0 Å². The van der Waals surface area contributed by atoms with Crippen LogP contribution in [0.15, 0.2) is 0 Å². The van der Waals surface area contributed by atoms with Gasteiger partial charge in [0.1, 0.15) is 11.6 Å². The van der Waals surface area contributed by atoms with Crippen LogP contribution >= 0.6 is 0 Å². The SMILES string of the molecule is C[C@@H](NC(=O)OC(C)(C)C)C(=O)NCC1CCC(C(=O)N2CCC[C@H]2C(=O)[O-])CC1. The van der Waals surface area contributed by atoms with Crippen molar-refractivity contribution in [1.29, 1.82) is 0 Å². The van der Waals surface area contributed by atoms with Crippen molar-refractivity contribution in [3.63, 3.8) is 0 Å². The van der Waals surface area contributed by atoms with Crippen molar-refractivity contribution >= 4 is 23.9 Å². The molecule has 170 valence electrons. The molecule has 2 atom stereocenters. The van der Waals surface area contributed by atoms with Gasteiger partial charge < -0.3 is 30.2 Å². The second-order valence-corrected chi connectivity index (χ2v) is 9.34. The Morgan fingerprint density at radius 3 is 2.30 bits per heavy atom. The van der Waals surface area contributed by atoms with Crippen LogP contribution in [0.25, 0.3) is 0 Å². The van der Waals surface area contributed by atoms with Crippen molar-refractivity contribution in [3.05, 3.63) is 0 Å². The maximum atomic E-state index is 12.7. The minimum Gasteiger partial charge on any atom is -0.548 e. The number of nitrogens with zero attached hydrogens (tertiary/aromatic N) is 1. The molecule has 2 aliphatic rings. The molecule has 1 saturated heterocycles. The van der Waals surface area contributed by atoms with Crippen molar-refractivity contribution in [1.82, 2.24) is 15.5 Å². The number of carboxylic acids is 1. The number of likely N-dealkylation sites (tertiary alicyclic amines) is 1. The smallest absolute Gasteiger partial charge is 0.408 e. The predicted molar refractivity (Wildman–Crippen MR) is 107 cm³/mol. The molecule has 0 unspecified atom stereocenters. The Hall–Kier alpha value is -2.32. The van der Waals surface area contributed by atoms with E-state index in [1.165, 1.54) is 4.90 Å². The van der Waals surface area contributed by atoms with Gasteiger partial charge >= 0.3 is 6.09 Å². The van der Waals surface area contributed by atoms with Crippen molar-refractivity contribution in [2.45, 2.75) is 83.9 Å². The van der Waals surface area contributed by atoms with Gasteiger partial charge in [-0.2, -0.15) is 0 Å². The first kappa shape index (κ1) is 24.0. The number of amides is 3. The molecule has 3 amide bonds. The van der Waals surface area contributed by atoms with E-state index in [0.717, 1.165) is 12.8 Å². The molecule has 0 spiro atoms. The molecule has 0 aromatic heterocycles. The van der Waals surface area contributed by atoms with Crippen LogP contribution in [0.5, 0.6) is 0 Å². The third-order valence-electron chi connectivity index (χ3n) is 5.70. The van der Waals surface area contributed by atoms with E-state index >= 15 is 0 Å². The molecule has 30 heavy (non-hydrogen) atoms. The molecule has 1 heterocycles. The summed E-state index contributed by atoms with van der Waals surface area (Å²) in [5.41, 5.74) is -0.633. The molecule has 1 saturated carbocycles. The largest absolute Gasteiger partial charge is 0.548 e.